The van der Waals surface area contributed by atoms with Crippen molar-refractivity contribution in [3.63, 3.8) is 0 Å². The van der Waals surface area contributed by atoms with Crippen LogP contribution in [0.1, 0.15) is 20.3 Å². The molecule has 0 saturated heterocycles. The van der Waals surface area contributed by atoms with Crippen LogP contribution in [0.3, 0.4) is 0 Å². The molecular formula is C17H20ClN3O2. The van der Waals surface area contributed by atoms with Crippen LogP contribution in [0.25, 0.3) is 0 Å². The first-order valence-electron chi connectivity index (χ1n) is 7.47. The Kier molecular flexibility index (Phi) is 6.23. The number of pyridine rings is 1. The predicted octanol–water partition coefficient (Wildman–Crippen LogP) is 3.96. The van der Waals surface area contributed by atoms with Crippen LogP contribution in [0.15, 0.2) is 42.6 Å². The van der Waals surface area contributed by atoms with Gasteiger partial charge in [0.15, 0.2) is 6.61 Å². The maximum absolute atomic E-state index is 11.9. The zero-order valence-corrected chi connectivity index (χ0v) is 13.9. The fourth-order valence-electron chi connectivity index (χ4n) is 1.78. The Bertz CT molecular complexity index is 629. The van der Waals surface area contributed by atoms with Crippen molar-refractivity contribution in [3.8, 4) is 5.75 Å². The van der Waals surface area contributed by atoms with Gasteiger partial charge in [-0.2, -0.15) is 0 Å². The van der Waals surface area contributed by atoms with E-state index in [-0.39, 0.29) is 12.5 Å². The van der Waals surface area contributed by atoms with Crippen LogP contribution in [0.2, 0.25) is 5.02 Å². The Morgan fingerprint density at radius 1 is 1.26 bits per heavy atom. The summed E-state index contributed by atoms with van der Waals surface area (Å²) in [5.74, 6) is 1.13. The van der Waals surface area contributed by atoms with Crippen LogP contribution in [0.5, 0.6) is 5.75 Å². The number of benzene rings is 1. The molecule has 1 atom stereocenters. The molecule has 0 fully saturated rings. The second-order valence-corrected chi connectivity index (χ2v) is 5.61. The van der Waals surface area contributed by atoms with Crippen molar-refractivity contribution in [2.24, 2.45) is 0 Å². The minimum absolute atomic E-state index is 0.0749. The Labute approximate surface area is 141 Å². The second-order valence-electron chi connectivity index (χ2n) is 5.18. The van der Waals surface area contributed by atoms with Crippen LogP contribution in [-0.2, 0) is 4.79 Å². The van der Waals surface area contributed by atoms with Crippen molar-refractivity contribution in [2.75, 3.05) is 17.2 Å². The molecule has 1 amide bonds. The number of amides is 1. The number of rotatable bonds is 7. The van der Waals surface area contributed by atoms with Crippen molar-refractivity contribution in [3.05, 3.63) is 47.6 Å². The van der Waals surface area contributed by atoms with Crippen LogP contribution in [0, 0.1) is 0 Å². The van der Waals surface area contributed by atoms with Crippen molar-refractivity contribution in [2.45, 2.75) is 26.3 Å². The van der Waals surface area contributed by atoms with Crippen molar-refractivity contribution in [1.82, 2.24) is 4.98 Å². The minimum atomic E-state index is -0.246. The first-order valence-corrected chi connectivity index (χ1v) is 7.85. The van der Waals surface area contributed by atoms with Gasteiger partial charge in [0.2, 0.25) is 0 Å². The van der Waals surface area contributed by atoms with E-state index in [0.29, 0.717) is 22.5 Å². The average Bonchev–Trinajstić information content (AvgIpc) is 2.56. The normalized spacial score (nSPS) is 11.6. The molecule has 0 aliphatic carbocycles. The number of carbonyl (C=O) groups excluding carboxylic acids is 1. The molecule has 0 spiro atoms. The monoisotopic (exact) mass is 333 g/mol. The van der Waals surface area contributed by atoms with E-state index in [0.717, 1.165) is 12.2 Å². The zero-order chi connectivity index (χ0) is 16.7. The quantitative estimate of drug-likeness (QED) is 0.805. The smallest absolute Gasteiger partial charge is 0.262 e. The highest BCUT2D eigenvalue weighted by Crippen LogP contribution is 2.16. The Morgan fingerprint density at radius 3 is 2.61 bits per heavy atom. The Morgan fingerprint density at radius 2 is 2.00 bits per heavy atom. The highest BCUT2D eigenvalue weighted by Gasteiger charge is 2.05. The summed E-state index contributed by atoms with van der Waals surface area (Å²) >= 11 is 5.79. The number of nitrogens with one attached hydrogen (secondary N) is 2. The van der Waals surface area contributed by atoms with Gasteiger partial charge < -0.3 is 15.4 Å². The summed E-state index contributed by atoms with van der Waals surface area (Å²) < 4.78 is 5.38. The fourth-order valence-corrected chi connectivity index (χ4v) is 1.91. The van der Waals surface area contributed by atoms with Crippen molar-refractivity contribution >= 4 is 29.0 Å². The van der Waals surface area contributed by atoms with E-state index in [1.807, 2.05) is 6.07 Å². The molecule has 0 saturated carbocycles. The molecule has 1 aromatic heterocycles. The highest BCUT2D eigenvalue weighted by molar-refractivity contribution is 6.30. The van der Waals surface area contributed by atoms with Gasteiger partial charge in [0, 0.05) is 11.1 Å². The molecule has 0 aliphatic rings. The molecule has 1 unspecified atom stereocenters. The SMILES string of the molecule is CCC(C)Nc1ccc(NC(=O)COc2ccc(Cl)cc2)cn1. The molecule has 2 N–H and O–H groups in total. The number of nitrogens with zero attached hydrogens (tertiary/aromatic N) is 1. The van der Waals surface area contributed by atoms with E-state index in [1.165, 1.54) is 0 Å². The lowest BCUT2D eigenvalue weighted by molar-refractivity contribution is -0.118. The van der Waals surface area contributed by atoms with E-state index < -0.39 is 0 Å². The van der Waals surface area contributed by atoms with Crippen LogP contribution >= 0.6 is 11.6 Å². The number of ether oxygens (including phenoxy) is 1. The lowest BCUT2D eigenvalue weighted by Gasteiger charge is -2.12. The third kappa shape index (κ3) is 5.79. The standard InChI is InChI=1S/C17H20ClN3O2/c1-3-12(2)20-16-9-6-14(10-19-16)21-17(22)11-23-15-7-4-13(18)5-8-15/h4-10,12H,3,11H2,1-2H3,(H,19,20)(H,21,22). The maximum Gasteiger partial charge on any atom is 0.262 e. The summed E-state index contributed by atoms with van der Waals surface area (Å²) in [6.45, 7) is 4.12. The number of hydrogen-bond donors (Lipinski definition) is 2. The summed E-state index contributed by atoms with van der Waals surface area (Å²) in [5, 5.41) is 6.63. The van der Waals surface area contributed by atoms with Gasteiger partial charge in [0.25, 0.3) is 5.91 Å². The lowest BCUT2D eigenvalue weighted by Crippen LogP contribution is -2.20. The van der Waals surface area contributed by atoms with E-state index in [1.54, 1.807) is 36.5 Å². The molecule has 0 bridgehead atoms. The van der Waals surface area contributed by atoms with E-state index in [9.17, 15) is 4.79 Å². The largest absolute Gasteiger partial charge is 0.484 e. The summed E-state index contributed by atoms with van der Waals surface area (Å²) in [7, 11) is 0. The fraction of sp³-hybridized carbons (Fsp3) is 0.294. The molecule has 5 nitrogen and oxygen atoms in total. The summed E-state index contributed by atoms with van der Waals surface area (Å²) in [4.78, 5) is 16.1. The Hall–Kier alpha value is -2.27. The molecule has 0 aliphatic heterocycles. The van der Waals surface area contributed by atoms with Gasteiger partial charge in [-0.05, 0) is 49.7 Å². The number of aromatic nitrogens is 1. The molecule has 2 aromatic rings. The third-order valence-corrected chi connectivity index (χ3v) is 3.49. The zero-order valence-electron chi connectivity index (χ0n) is 13.2. The number of carbonyl (C=O) groups is 1. The third-order valence-electron chi connectivity index (χ3n) is 3.24. The van der Waals surface area contributed by atoms with E-state index in [4.69, 9.17) is 16.3 Å². The number of anilines is 2. The number of halogens is 1. The summed E-state index contributed by atoms with van der Waals surface area (Å²) in [6.07, 6.45) is 2.63. The predicted molar refractivity (Wildman–Crippen MR) is 93.2 cm³/mol. The molecule has 122 valence electrons. The topological polar surface area (TPSA) is 63.2 Å². The van der Waals surface area contributed by atoms with Gasteiger partial charge in [-0.3, -0.25) is 4.79 Å². The highest BCUT2D eigenvalue weighted by atomic mass is 35.5. The molecule has 1 aromatic carbocycles. The first-order chi connectivity index (χ1) is 11.1. The van der Waals surface area contributed by atoms with Gasteiger partial charge >= 0.3 is 0 Å². The van der Waals surface area contributed by atoms with Crippen molar-refractivity contribution in [1.29, 1.82) is 0 Å². The lowest BCUT2D eigenvalue weighted by atomic mass is 10.2. The first kappa shape index (κ1) is 17.1. The second kappa shape index (κ2) is 8.39. The molecule has 6 heteroatoms. The van der Waals surface area contributed by atoms with Crippen LogP contribution in [-0.4, -0.2) is 23.5 Å². The van der Waals surface area contributed by atoms with E-state index >= 15 is 0 Å². The molecule has 23 heavy (non-hydrogen) atoms. The minimum Gasteiger partial charge on any atom is -0.484 e. The number of hydrogen-bond acceptors (Lipinski definition) is 4. The van der Waals surface area contributed by atoms with Gasteiger partial charge in [0.1, 0.15) is 11.6 Å². The molecule has 0 radical (unpaired) electrons. The average molecular weight is 334 g/mol. The molecular weight excluding hydrogens is 314 g/mol. The molecule has 2 rings (SSSR count). The van der Waals surface area contributed by atoms with Gasteiger partial charge in [-0.15, -0.1) is 0 Å². The van der Waals surface area contributed by atoms with Crippen LogP contribution in [0.4, 0.5) is 11.5 Å². The van der Waals surface area contributed by atoms with Crippen LogP contribution < -0.4 is 15.4 Å². The van der Waals surface area contributed by atoms with E-state index in [2.05, 4.69) is 29.5 Å². The maximum atomic E-state index is 11.9. The van der Waals surface area contributed by atoms with Gasteiger partial charge in [-0.1, -0.05) is 18.5 Å². The Balaban J connectivity index is 1.81. The van der Waals surface area contributed by atoms with Crippen molar-refractivity contribution < 1.29 is 9.53 Å². The van der Waals surface area contributed by atoms with Gasteiger partial charge in [-0.25, -0.2) is 4.98 Å². The van der Waals surface area contributed by atoms with Gasteiger partial charge in [0.05, 0.1) is 11.9 Å². The summed E-state index contributed by atoms with van der Waals surface area (Å²) in [5.41, 5.74) is 0.629. The summed E-state index contributed by atoms with van der Waals surface area (Å²) in [6, 6.07) is 10.8. The molecule has 1 heterocycles.